The highest BCUT2D eigenvalue weighted by molar-refractivity contribution is 7.80. The molecule has 0 aliphatic carbocycles. The summed E-state index contributed by atoms with van der Waals surface area (Å²) in [6.07, 6.45) is -2.04. The number of carbonyl (C=O) groups excluding carboxylic acids is 2. The number of rotatable bonds is 6. The lowest BCUT2D eigenvalue weighted by molar-refractivity contribution is -0.167. The fourth-order valence-electron chi connectivity index (χ4n) is 0.693. The van der Waals surface area contributed by atoms with Crippen LogP contribution >= 0.6 is 12.6 Å². The minimum Gasteiger partial charge on any atom is -0.478 e. The molecule has 86 valence electrons. The van der Waals surface area contributed by atoms with Gasteiger partial charge < -0.3 is 15.6 Å². The maximum absolute atomic E-state index is 11.2. The van der Waals surface area contributed by atoms with E-state index in [-0.39, 0.29) is 5.75 Å². The van der Waals surface area contributed by atoms with Crippen LogP contribution in [0.4, 0.5) is 0 Å². The Balaban J connectivity index is 4.35. The Hall–Kier alpha value is -1.24. The molecular weight excluding hydrogens is 222 g/mol. The maximum atomic E-state index is 11.2. The molecule has 6 nitrogen and oxygen atoms in total. The van der Waals surface area contributed by atoms with Gasteiger partial charge in [0, 0.05) is 5.75 Å². The summed E-state index contributed by atoms with van der Waals surface area (Å²) < 4.78 is 4.59. The first-order chi connectivity index (χ1) is 6.88. The summed E-state index contributed by atoms with van der Waals surface area (Å²) in [5.74, 6) is -3.23. The second kappa shape index (κ2) is 6.28. The van der Waals surface area contributed by atoms with Crippen molar-refractivity contribution < 1.29 is 24.2 Å². The first-order valence-electron chi connectivity index (χ1n) is 4.21. The molecule has 0 spiro atoms. The van der Waals surface area contributed by atoms with Crippen LogP contribution in [-0.4, -0.2) is 34.8 Å². The Kier molecular flexibility index (Phi) is 5.76. The number of amides is 1. The normalized spacial score (nSPS) is 14.0. The molecule has 1 amide bonds. The molecule has 7 heteroatoms. The van der Waals surface area contributed by atoms with Crippen LogP contribution in [0.5, 0.6) is 0 Å². The smallest absolute Gasteiger partial charge is 0.345 e. The van der Waals surface area contributed by atoms with Crippen molar-refractivity contribution in [2.24, 2.45) is 11.7 Å². The van der Waals surface area contributed by atoms with E-state index < -0.39 is 36.3 Å². The highest BCUT2D eigenvalue weighted by atomic mass is 32.1. The SMILES string of the molecule is C[C@H](CS)C(=O)OC(CC(N)=O)C(=O)O. The molecule has 0 aromatic rings. The molecule has 0 heterocycles. The van der Waals surface area contributed by atoms with Crippen LogP contribution in [-0.2, 0) is 19.1 Å². The van der Waals surface area contributed by atoms with Crippen molar-refractivity contribution in [3.63, 3.8) is 0 Å². The van der Waals surface area contributed by atoms with Gasteiger partial charge in [-0.15, -0.1) is 0 Å². The topological polar surface area (TPSA) is 107 Å². The number of carbonyl (C=O) groups is 3. The number of aliphatic carboxylic acids is 1. The molecular formula is C8H13NO5S. The summed E-state index contributed by atoms with van der Waals surface area (Å²) in [7, 11) is 0. The molecule has 0 bridgehead atoms. The van der Waals surface area contributed by atoms with Crippen LogP contribution < -0.4 is 5.73 Å². The number of carboxylic acids is 1. The third-order valence-corrected chi connectivity index (χ3v) is 2.14. The van der Waals surface area contributed by atoms with Crippen LogP contribution in [0.25, 0.3) is 0 Å². The van der Waals surface area contributed by atoms with Gasteiger partial charge in [0.15, 0.2) is 0 Å². The van der Waals surface area contributed by atoms with Gasteiger partial charge in [0.2, 0.25) is 12.0 Å². The average molecular weight is 235 g/mol. The Morgan fingerprint density at radius 3 is 2.33 bits per heavy atom. The van der Waals surface area contributed by atoms with E-state index in [1.807, 2.05) is 0 Å². The fraction of sp³-hybridized carbons (Fsp3) is 0.625. The van der Waals surface area contributed by atoms with E-state index in [2.05, 4.69) is 17.4 Å². The van der Waals surface area contributed by atoms with E-state index in [0.717, 1.165) is 0 Å². The van der Waals surface area contributed by atoms with Gasteiger partial charge >= 0.3 is 11.9 Å². The summed E-state index contributed by atoms with van der Waals surface area (Å²) in [6, 6.07) is 0. The van der Waals surface area contributed by atoms with Crippen LogP contribution in [0.1, 0.15) is 13.3 Å². The van der Waals surface area contributed by atoms with Crippen molar-refractivity contribution in [2.45, 2.75) is 19.4 Å². The molecule has 0 rings (SSSR count). The van der Waals surface area contributed by atoms with Crippen molar-refractivity contribution in [3.8, 4) is 0 Å². The van der Waals surface area contributed by atoms with Crippen molar-refractivity contribution in [1.82, 2.24) is 0 Å². The number of ether oxygens (including phenoxy) is 1. The molecule has 0 aliphatic rings. The molecule has 2 atom stereocenters. The average Bonchev–Trinajstić information content (AvgIpc) is 2.14. The van der Waals surface area contributed by atoms with Gasteiger partial charge in [-0.1, -0.05) is 6.92 Å². The van der Waals surface area contributed by atoms with Crippen LogP contribution in [0.3, 0.4) is 0 Å². The molecule has 15 heavy (non-hydrogen) atoms. The lowest BCUT2D eigenvalue weighted by Crippen LogP contribution is -2.33. The number of primary amides is 1. The number of carboxylic acid groups (broad SMARTS) is 1. The highest BCUT2D eigenvalue weighted by Gasteiger charge is 2.26. The summed E-state index contributed by atoms with van der Waals surface area (Å²) in [5, 5.41) is 8.62. The van der Waals surface area contributed by atoms with E-state index in [9.17, 15) is 14.4 Å². The minimum absolute atomic E-state index is 0.238. The Labute approximate surface area is 92.2 Å². The Morgan fingerprint density at radius 2 is 2.00 bits per heavy atom. The third-order valence-electron chi connectivity index (χ3n) is 1.60. The Morgan fingerprint density at radius 1 is 1.47 bits per heavy atom. The van der Waals surface area contributed by atoms with Gasteiger partial charge in [-0.3, -0.25) is 9.59 Å². The van der Waals surface area contributed by atoms with Gasteiger partial charge in [0.05, 0.1) is 12.3 Å². The van der Waals surface area contributed by atoms with Gasteiger partial charge in [0.1, 0.15) is 0 Å². The summed E-state index contributed by atoms with van der Waals surface area (Å²) in [5.41, 5.74) is 4.81. The lowest BCUT2D eigenvalue weighted by atomic mass is 10.2. The highest BCUT2D eigenvalue weighted by Crippen LogP contribution is 2.06. The van der Waals surface area contributed by atoms with Crippen molar-refractivity contribution >= 4 is 30.5 Å². The molecule has 0 fully saturated rings. The second-order valence-corrected chi connectivity index (χ2v) is 3.38. The minimum atomic E-state index is -1.52. The number of esters is 1. The van der Waals surface area contributed by atoms with Crippen LogP contribution in [0, 0.1) is 5.92 Å². The molecule has 0 aliphatic heterocycles. The molecule has 3 N–H and O–H groups in total. The van der Waals surface area contributed by atoms with E-state index in [4.69, 9.17) is 10.8 Å². The van der Waals surface area contributed by atoms with E-state index in [0.29, 0.717) is 0 Å². The van der Waals surface area contributed by atoms with E-state index in [1.54, 1.807) is 6.92 Å². The summed E-state index contributed by atoms with van der Waals surface area (Å²) >= 11 is 3.86. The largest absolute Gasteiger partial charge is 0.478 e. The quantitative estimate of drug-likeness (QED) is 0.422. The van der Waals surface area contributed by atoms with Crippen molar-refractivity contribution in [3.05, 3.63) is 0 Å². The zero-order valence-electron chi connectivity index (χ0n) is 8.17. The predicted molar refractivity (Wildman–Crippen MR) is 54.3 cm³/mol. The zero-order valence-corrected chi connectivity index (χ0v) is 9.07. The maximum Gasteiger partial charge on any atom is 0.345 e. The van der Waals surface area contributed by atoms with Crippen molar-refractivity contribution in [1.29, 1.82) is 0 Å². The number of hydrogen-bond acceptors (Lipinski definition) is 5. The van der Waals surface area contributed by atoms with E-state index in [1.165, 1.54) is 0 Å². The lowest BCUT2D eigenvalue weighted by Gasteiger charge is -2.14. The summed E-state index contributed by atoms with van der Waals surface area (Å²) in [4.78, 5) is 32.2. The predicted octanol–water partition coefficient (Wildman–Crippen LogP) is -0.576. The molecule has 0 aromatic heterocycles. The van der Waals surface area contributed by atoms with E-state index >= 15 is 0 Å². The number of nitrogens with two attached hydrogens (primary N) is 1. The van der Waals surface area contributed by atoms with Crippen molar-refractivity contribution in [2.75, 3.05) is 5.75 Å². The first-order valence-corrected chi connectivity index (χ1v) is 4.84. The fourth-order valence-corrected chi connectivity index (χ4v) is 0.842. The molecule has 0 aromatic carbocycles. The van der Waals surface area contributed by atoms with Crippen LogP contribution in [0.15, 0.2) is 0 Å². The second-order valence-electron chi connectivity index (χ2n) is 3.02. The molecule has 0 radical (unpaired) electrons. The monoisotopic (exact) mass is 235 g/mol. The Bertz CT molecular complexity index is 268. The molecule has 1 unspecified atom stereocenters. The standard InChI is InChI=1S/C8H13NO5S/c1-4(3-15)8(13)14-5(7(11)12)2-6(9)10/h4-5,15H,2-3H2,1H3,(H2,9,10)(H,11,12)/t4-,5?/m1/s1. The molecule has 0 saturated carbocycles. The first kappa shape index (κ1) is 13.8. The third kappa shape index (κ3) is 5.26. The zero-order chi connectivity index (χ0) is 12.0. The number of thiol groups is 1. The number of hydrogen-bond donors (Lipinski definition) is 3. The summed E-state index contributed by atoms with van der Waals surface area (Å²) in [6.45, 7) is 1.54. The van der Waals surface area contributed by atoms with Gasteiger partial charge in [-0.25, -0.2) is 4.79 Å². The van der Waals surface area contributed by atoms with Gasteiger partial charge in [0.25, 0.3) is 0 Å². The molecule has 0 saturated heterocycles. The van der Waals surface area contributed by atoms with Gasteiger partial charge in [-0.05, 0) is 0 Å². The van der Waals surface area contributed by atoms with Crippen LogP contribution in [0.2, 0.25) is 0 Å². The van der Waals surface area contributed by atoms with Gasteiger partial charge in [-0.2, -0.15) is 12.6 Å².